The van der Waals surface area contributed by atoms with Crippen LogP contribution < -0.4 is 5.73 Å². The summed E-state index contributed by atoms with van der Waals surface area (Å²) in [6.45, 7) is 9.30. The minimum Gasteiger partial charge on any atom is -0.327 e. The first-order valence-electron chi connectivity index (χ1n) is 4.65. The average molecular weight is 167 g/mol. The third-order valence-corrected chi connectivity index (χ3v) is 1.48. The summed E-state index contributed by atoms with van der Waals surface area (Å²) in [4.78, 5) is 0. The van der Waals surface area contributed by atoms with Crippen molar-refractivity contribution in [2.24, 2.45) is 17.6 Å². The van der Waals surface area contributed by atoms with Crippen molar-refractivity contribution in [1.29, 1.82) is 0 Å². The third kappa shape index (κ3) is 6.17. The van der Waals surface area contributed by atoms with Crippen LogP contribution >= 0.6 is 0 Å². The number of hydrogen-bond donors (Lipinski definition) is 1. The Kier molecular flexibility index (Phi) is 5.73. The molecule has 0 saturated heterocycles. The molecule has 0 saturated carbocycles. The Bertz CT molecular complexity index is 164. The second kappa shape index (κ2) is 6.01. The Hall–Kier alpha value is -0.560. The van der Waals surface area contributed by atoms with Gasteiger partial charge in [-0.15, -0.1) is 0 Å². The lowest BCUT2D eigenvalue weighted by atomic mass is 10.1. The van der Waals surface area contributed by atoms with Gasteiger partial charge in [0.05, 0.1) is 0 Å². The maximum Gasteiger partial charge on any atom is 0.0174 e. The molecular formula is C11H21N. The largest absolute Gasteiger partial charge is 0.327 e. The van der Waals surface area contributed by atoms with Crippen LogP contribution in [-0.4, -0.2) is 6.54 Å². The van der Waals surface area contributed by atoms with Gasteiger partial charge in [0.1, 0.15) is 0 Å². The molecule has 0 atom stereocenters. The van der Waals surface area contributed by atoms with Crippen molar-refractivity contribution in [3.8, 4) is 0 Å². The highest BCUT2D eigenvalue weighted by Crippen LogP contribution is 2.04. The molecule has 0 heterocycles. The molecule has 1 nitrogen and oxygen atoms in total. The highest BCUT2D eigenvalue weighted by molar-refractivity contribution is 5.20. The molecule has 0 aliphatic carbocycles. The molecule has 0 aromatic heterocycles. The molecule has 12 heavy (non-hydrogen) atoms. The van der Waals surface area contributed by atoms with E-state index in [-0.39, 0.29) is 0 Å². The van der Waals surface area contributed by atoms with Crippen LogP contribution in [0.3, 0.4) is 0 Å². The van der Waals surface area contributed by atoms with E-state index in [9.17, 15) is 0 Å². The minimum atomic E-state index is 0.584. The first-order valence-corrected chi connectivity index (χ1v) is 4.65. The van der Waals surface area contributed by atoms with Crippen molar-refractivity contribution < 1.29 is 0 Å². The minimum absolute atomic E-state index is 0.584. The molecule has 0 aromatic carbocycles. The number of allylic oxidation sites excluding steroid dienone is 2. The van der Waals surface area contributed by atoms with Gasteiger partial charge >= 0.3 is 0 Å². The second-order valence-electron chi connectivity index (χ2n) is 3.79. The van der Waals surface area contributed by atoms with Gasteiger partial charge in [-0.05, 0) is 17.4 Å². The lowest BCUT2D eigenvalue weighted by Gasteiger charge is -2.01. The highest BCUT2D eigenvalue weighted by Gasteiger charge is 1.92. The van der Waals surface area contributed by atoms with Crippen molar-refractivity contribution in [2.45, 2.75) is 27.7 Å². The summed E-state index contributed by atoms with van der Waals surface area (Å²) in [6.07, 6.45) is 6.52. The summed E-state index contributed by atoms with van der Waals surface area (Å²) in [7, 11) is 0. The predicted octanol–water partition coefficient (Wildman–Crippen LogP) is 2.74. The second-order valence-corrected chi connectivity index (χ2v) is 3.79. The zero-order chi connectivity index (χ0) is 9.56. The fraction of sp³-hybridized carbons (Fsp3) is 0.636. The Balaban J connectivity index is 4.17. The standard InChI is InChI=1S/C11H21N/c1-9(2)5-6-11(8-12)7-10(3)4/h5-7,9-10H,8,12H2,1-4H3/b6-5-,11-7+. The van der Waals surface area contributed by atoms with E-state index in [0.29, 0.717) is 18.4 Å². The maximum absolute atomic E-state index is 5.59. The van der Waals surface area contributed by atoms with Crippen LogP contribution in [0.1, 0.15) is 27.7 Å². The molecule has 1 heteroatoms. The first kappa shape index (κ1) is 11.4. The Labute approximate surface area is 76.3 Å². The normalized spacial score (nSPS) is 13.8. The van der Waals surface area contributed by atoms with Crippen molar-refractivity contribution in [3.63, 3.8) is 0 Å². The van der Waals surface area contributed by atoms with Gasteiger partial charge in [0, 0.05) is 6.54 Å². The Morgan fingerprint density at radius 3 is 2.08 bits per heavy atom. The van der Waals surface area contributed by atoms with E-state index in [2.05, 4.69) is 45.9 Å². The highest BCUT2D eigenvalue weighted by atomic mass is 14.5. The van der Waals surface area contributed by atoms with Crippen molar-refractivity contribution in [2.75, 3.05) is 6.54 Å². The molecule has 0 fully saturated rings. The van der Waals surface area contributed by atoms with Crippen LogP contribution in [0, 0.1) is 11.8 Å². The molecule has 0 aromatic rings. The van der Waals surface area contributed by atoms with Crippen LogP contribution in [0.5, 0.6) is 0 Å². The zero-order valence-electron chi connectivity index (χ0n) is 8.67. The monoisotopic (exact) mass is 167 g/mol. The molecule has 0 radical (unpaired) electrons. The maximum atomic E-state index is 5.59. The molecule has 0 spiro atoms. The molecule has 0 aliphatic heterocycles. The van der Waals surface area contributed by atoms with E-state index < -0.39 is 0 Å². The molecular weight excluding hydrogens is 146 g/mol. The topological polar surface area (TPSA) is 26.0 Å². The molecule has 0 amide bonds. The van der Waals surface area contributed by atoms with Gasteiger partial charge in [-0.1, -0.05) is 45.9 Å². The van der Waals surface area contributed by atoms with Crippen molar-refractivity contribution in [3.05, 3.63) is 23.8 Å². The van der Waals surface area contributed by atoms with Crippen LogP contribution in [0.25, 0.3) is 0 Å². The summed E-state index contributed by atoms with van der Waals surface area (Å²) >= 11 is 0. The SMILES string of the molecule is CC(C)/C=C\C(=C/C(C)C)CN. The molecule has 2 N–H and O–H groups in total. The van der Waals surface area contributed by atoms with E-state index in [4.69, 9.17) is 5.73 Å². The molecule has 70 valence electrons. The summed E-state index contributed by atoms with van der Waals surface area (Å²) in [5.41, 5.74) is 6.82. The molecule has 0 rings (SSSR count). The fourth-order valence-corrected chi connectivity index (χ4v) is 0.936. The lowest BCUT2D eigenvalue weighted by Crippen LogP contribution is -2.02. The fourth-order valence-electron chi connectivity index (χ4n) is 0.936. The van der Waals surface area contributed by atoms with E-state index in [0.717, 1.165) is 0 Å². The first-order chi connectivity index (χ1) is 5.56. The average Bonchev–Trinajstić information content (AvgIpc) is 1.97. The summed E-state index contributed by atoms with van der Waals surface area (Å²) in [5.74, 6) is 1.19. The smallest absolute Gasteiger partial charge is 0.0174 e. The number of hydrogen-bond acceptors (Lipinski definition) is 1. The summed E-state index contributed by atoms with van der Waals surface area (Å²) in [5, 5.41) is 0. The van der Waals surface area contributed by atoms with E-state index in [1.165, 1.54) is 5.57 Å². The van der Waals surface area contributed by atoms with Crippen molar-refractivity contribution >= 4 is 0 Å². The zero-order valence-corrected chi connectivity index (χ0v) is 8.67. The quantitative estimate of drug-likeness (QED) is 0.640. The van der Waals surface area contributed by atoms with Crippen LogP contribution in [0.4, 0.5) is 0 Å². The van der Waals surface area contributed by atoms with E-state index >= 15 is 0 Å². The Morgan fingerprint density at radius 1 is 1.17 bits per heavy atom. The lowest BCUT2D eigenvalue weighted by molar-refractivity contribution is 0.814. The van der Waals surface area contributed by atoms with Gasteiger partial charge < -0.3 is 5.73 Å². The third-order valence-electron chi connectivity index (χ3n) is 1.48. The molecule has 0 aliphatic rings. The van der Waals surface area contributed by atoms with E-state index in [1.807, 2.05) is 0 Å². The number of rotatable bonds is 4. The Morgan fingerprint density at radius 2 is 1.75 bits per heavy atom. The van der Waals surface area contributed by atoms with Crippen LogP contribution in [0.2, 0.25) is 0 Å². The van der Waals surface area contributed by atoms with E-state index in [1.54, 1.807) is 0 Å². The van der Waals surface area contributed by atoms with Gasteiger partial charge in [-0.2, -0.15) is 0 Å². The molecule has 0 bridgehead atoms. The van der Waals surface area contributed by atoms with Gasteiger partial charge in [-0.3, -0.25) is 0 Å². The van der Waals surface area contributed by atoms with Gasteiger partial charge in [0.15, 0.2) is 0 Å². The van der Waals surface area contributed by atoms with Crippen molar-refractivity contribution in [1.82, 2.24) is 0 Å². The summed E-state index contributed by atoms with van der Waals surface area (Å²) in [6, 6.07) is 0. The van der Waals surface area contributed by atoms with Gasteiger partial charge in [0.25, 0.3) is 0 Å². The summed E-state index contributed by atoms with van der Waals surface area (Å²) < 4.78 is 0. The van der Waals surface area contributed by atoms with Gasteiger partial charge in [0.2, 0.25) is 0 Å². The van der Waals surface area contributed by atoms with Crippen LogP contribution in [0.15, 0.2) is 23.8 Å². The predicted molar refractivity (Wildman–Crippen MR) is 56.0 cm³/mol. The number of nitrogens with two attached hydrogens (primary N) is 1. The van der Waals surface area contributed by atoms with Gasteiger partial charge in [-0.25, -0.2) is 0 Å². The molecule has 0 unspecified atom stereocenters. The van der Waals surface area contributed by atoms with Crippen LogP contribution in [-0.2, 0) is 0 Å².